The second kappa shape index (κ2) is 7.42. The minimum Gasteiger partial charge on any atom is -0.391 e. The van der Waals surface area contributed by atoms with Crippen molar-refractivity contribution in [3.8, 4) is 0 Å². The Morgan fingerprint density at radius 3 is 2.85 bits per heavy atom. The number of hydrogen-bond acceptors (Lipinski definition) is 4. The summed E-state index contributed by atoms with van der Waals surface area (Å²) in [5, 5.41) is 6.11. The van der Waals surface area contributed by atoms with Crippen LogP contribution in [0.3, 0.4) is 0 Å². The molecule has 1 aromatic heterocycles. The normalized spacial score (nSPS) is 10.9. The molecular weight excluding hydrogens is 256 g/mol. The van der Waals surface area contributed by atoms with Crippen LogP contribution in [0.5, 0.6) is 0 Å². The molecule has 0 unspecified atom stereocenters. The number of nitrogens with zero attached hydrogens (tertiary/aromatic N) is 3. The molecule has 0 radical (unpaired) electrons. The molecule has 0 saturated carbocycles. The lowest BCUT2D eigenvalue weighted by molar-refractivity contribution is -0.412. The van der Waals surface area contributed by atoms with Crippen molar-refractivity contribution in [1.29, 1.82) is 0 Å². The Labute approximate surface area is 119 Å². The molecule has 0 aliphatic heterocycles. The van der Waals surface area contributed by atoms with Gasteiger partial charge in [-0.25, -0.2) is 9.26 Å². The maximum Gasteiger partial charge on any atom is 0.291 e. The highest BCUT2D eigenvalue weighted by atomic mass is 16.1. The molecule has 0 aliphatic rings. The van der Waals surface area contributed by atoms with Gasteiger partial charge in [0.25, 0.3) is 5.56 Å². The lowest BCUT2D eigenvalue weighted by Crippen LogP contribution is -2.17. The highest BCUT2D eigenvalue weighted by Crippen LogP contribution is 2.09. The number of hydrogen-bond donors (Lipinski definition) is 3. The van der Waals surface area contributed by atoms with Crippen molar-refractivity contribution in [3.05, 3.63) is 22.8 Å². The molecule has 0 saturated heterocycles. The lowest BCUT2D eigenvalue weighted by atomic mass is 10.4. The SMILES string of the molecule is C=[N+](C)/C=C\N(C)CCCNc1[nH]n(CC)c(=O)c1N. The van der Waals surface area contributed by atoms with E-state index in [2.05, 4.69) is 22.0 Å². The average molecular weight is 281 g/mol. The number of aromatic amines is 1. The molecule has 112 valence electrons. The van der Waals surface area contributed by atoms with Crippen LogP contribution in [-0.2, 0) is 6.54 Å². The van der Waals surface area contributed by atoms with Gasteiger partial charge in [-0.15, -0.1) is 0 Å². The summed E-state index contributed by atoms with van der Waals surface area (Å²) < 4.78 is 3.23. The molecule has 0 spiro atoms. The summed E-state index contributed by atoms with van der Waals surface area (Å²) >= 11 is 0. The van der Waals surface area contributed by atoms with Crippen molar-refractivity contribution in [2.24, 2.45) is 0 Å². The summed E-state index contributed by atoms with van der Waals surface area (Å²) in [6.07, 6.45) is 4.79. The summed E-state index contributed by atoms with van der Waals surface area (Å²) in [7, 11) is 3.88. The highest BCUT2D eigenvalue weighted by Gasteiger charge is 2.08. The topological polar surface area (TPSA) is 82.1 Å². The van der Waals surface area contributed by atoms with E-state index >= 15 is 0 Å². The van der Waals surface area contributed by atoms with Gasteiger partial charge >= 0.3 is 0 Å². The first-order valence-electron chi connectivity index (χ1n) is 6.69. The van der Waals surface area contributed by atoms with Gasteiger partial charge in [0.2, 0.25) is 0 Å². The molecule has 0 aliphatic carbocycles. The molecule has 1 aromatic rings. The van der Waals surface area contributed by atoms with Crippen LogP contribution < -0.4 is 16.6 Å². The second-order valence-corrected chi connectivity index (χ2v) is 4.77. The van der Waals surface area contributed by atoms with Crippen LogP contribution in [-0.4, -0.2) is 53.2 Å². The molecule has 0 aromatic carbocycles. The maximum atomic E-state index is 11.6. The van der Waals surface area contributed by atoms with E-state index in [1.54, 1.807) is 4.58 Å². The summed E-state index contributed by atoms with van der Waals surface area (Å²) in [6, 6.07) is 0. The third-order valence-electron chi connectivity index (χ3n) is 2.87. The fourth-order valence-corrected chi connectivity index (χ4v) is 1.70. The number of nitrogen functional groups attached to an aromatic ring is 1. The molecule has 1 rings (SSSR count). The fourth-order valence-electron chi connectivity index (χ4n) is 1.70. The van der Waals surface area contributed by atoms with Gasteiger partial charge in [0.15, 0.2) is 6.20 Å². The van der Waals surface area contributed by atoms with Gasteiger partial charge in [0.05, 0.1) is 6.20 Å². The molecular formula is C13H25N6O+. The smallest absolute Gasteiger partial charge is 0.291 e. The first-order valence-corrected chi connectivity index (χ1v) is 6.69. The molecule has 0 bridgehead atoms. The summed E-state index contributed by atoms with van der Waals surface area (Å²) in [4.78, 5) is 13.7. The minimum atomic E-state index is -0.173. The van der Waals surface area contributed by atoms with Crippen molar-refractivity contribution < 1.29 is 4.58 Å². The zero-order valence-corrected chi connectivity index (χ0v) is 12.5. The minimum absolute atomic E-state index is 0.173. The van der Waals surface area contributed by atoms with E-state index in [-0.39, 0.29) is 11.2 Å². The second-order valence-electron chi connectivity index (χ2n) is 4.77. The third-order valence-corrected chi connectivity index (χ3v) is 2.87. The predicted molar refractivity (Wildman–Crippen MR) is 83.3 cm³/mol. The number of nitrogens with one attached hydrogen (secondary N) is 2. The Hall–Kier alpha value is -2.18. The van der Waals surface area contributed by atoms with Crippen LogP contribution in [0.4, 0.5) is 11.5 Å². The summed E-state index contributed by atoms with van der Waals surface area (Å²) in [6.45, 7) is 7.84. The largest absolute Gasteiger partial charge is 0.391 e. The van der Waals surface area contributed by atoms with Crippen molar-refractivity contribution in [2.75, 3.05) is 38.2 Å². The van der Waals surface area contributed by atoms with Crippen LogP contribution >= 0.6 is 0 Å². The summed E-state index contributed by atoms with van der Waals surface area (Å²) in [5.41, 5.74) is 5.82. The Balaban J connectivity index is 2.38. The Morgan fingerprint density at radius 1 is 1.60 bits per heavy atom. The number of anilines is 2. The quantitative estimate of drug-likeness (QED) is 0.364. The van der Waals surface area contributed by atoms with Crippen LogP contribution in [0.1, 0.15) is 13.3 Å². The van der Waals surface area contributed by atoms with Gasteiger partial charge in [-0.2, -0.15) is 0 Å². The zero-order chi connectivity index (χ0) is 15.1. The van der Waals surface area contributed by atoms with Crippen molar-refractivity contribution in [1.82, 2.24) is 14.7 Å². The van der Waals surface area contributed by atoms with Crippen LogP contribution in [0.25, 0.3) is 0 Å². The molecule has 1 heterocycles. The van der Waals surface area contributed by atoms with Crippen LogP contribution in [0.15, 0.2) is 17.2 Å². The van der Waals surface area contributed by atoms with Crippen molar-refractivity contribution >= 4 is 18.2 Å². The van der Waals surface area contributed by atoms with Gasteiger partial charge in [0, 0.05) is 26.7 Å². The molecule has 7 heteroatoms. The lowest BCUT2D eigenvalue weighted by Gasteiger charge is -2.12. The van der Waals surface area contributed by atoms with Gasteiger partial charge in [0.1, 0.15) is 25.3 Å². The molecule has 0 atom stereocenters. The standard InChI is InChI=1S/C13H24N6O/c1-5-19-13(20)11(14)12(16-19)15-7-6-8-18(4)10-9-17(2)3/h9-10H,2,5-8,14H2,1,3-4H3,(H-,15,16,20)/p+1/b10-9-. The van der Waals surface area contributed by atoms with E-state index in [9.17, 15) is 4.79 Å². The van der Waals surface area contributed by atoms with Crippen molar-refractivity contribution in [2.45, 2.75) is 19.9 Å². The van der Waals surface area contributed by atoms with E-state index in [1.807, 2.05) is 33.4 Å². The third kappa shape index (κ3) is 4.49. The molecule has 20 heavy (non-hydrogen) atoms. The molecule has 7 nitrogen and oxygen atoms in total. The van der Waals surface area contributed by atoms with Gasteiger partial charge in [-0.1, -0.05) is 0 Å². The highest BCUT2D eigenvalue weighted by molar-refractivity contribution is 5.59. The number of aromatic nitrogens is 2. The van der Waals surface area contributed by atoms with Crippen LogP contribution in [0, 0.1) is 0 Å². The first-order chi connectivity index (χ1) is 9.45. The van der Waals surface area contributed by atoms with Gasteiger partial charge < -0.3 is 16.0 Å². The maximum absolute atomic E-state index is 11.6. The number of H-pyrrole nitrogens is 1. The Bertz CT molecular complexity index is 527. The van der Waals surface area contributed by atoms with E-state index in [0.29, 0.717) is 12.4 Å². The number of aryl methyl sites for hydroxylation is 1. The van der Waals surface area contributed by atoms with Crippen molar-refractivity contribution in [3.63, 3.8) is 0 Å². The summed E-state index contributed by atoms with van der Waals surface area (Å²) in [5.74, 6) is 0.604. The van der Waals surface area contributed by atoms with E-state index in [1.165, 1.54) is 4.68 Å². The van der Waals surface area contributed by atoms with Gasteiger partial charge in [-0.05, 0) is 13.3 Å². The van der Waals surface area contributed by atoms with E-state index < -0.39 is 0 Å². The molecule has 4 N–H and O–H groups in total. The monoisotopic (exact) mass is 281 g/mol. The first kappa shape index (κ1) is 15.9. The zero-order valence-electron chi connectivity index (χ0n) is 12.5. The molecule has 0 amide bonds. The fraction of sp³-hybridized carbons (Fsp3) is 0.538. The van der Waals surface area contributed by atoms with Crippen LogP contribution in [0.2, 0.25) is 0 Å². The number of nitrogens with two attached hydrogens (primary N) is 1. The average Bonchev–Trinajstić information content (AvgIpc) is 2.69. The van der Waals surface area contributed by atoms with Gasteiger partial charge in [-0.3, -0.25) is 9.89 Å². The van der Waals surface area contributed by atoms with E-state index in [4.69, 9.17) is 5.73 Å². The number of rotatable bonds is 8. The Kier molecular flexibility index (Phi) is 5.89. The predicted octanol–water partition coefficient (Wildman–Crippen LogP) is 0.326. The molecule has 0 fully saturated rings. The Morgan fingerprint density at radius 2 is 2.30 bits per heavy atom. The van der Waals surface area contributed by atoms with E-state index in [0.717, 1.165) is 19.5 Å².